The van der Waals surface area contributed by atoms with E-state index in [1.807, 2.05) is 32.0 Å². The molecule has 0 unspecified atom stereocenters. The Hall–Kier alpha value is -4.00. The average molecular weight is 418 g/mol. The van der Waals surface area contributed by atoms with Gasteiger partial charge in [0.15, 0.2) is 0 Å². The van der Waals surface area contributed by atoms with Gasteiger partial charge in [-0.3, -0.25) is 14.9 Å². The third-order valence-electron chi connectivity index (χ3n) is 5.38. The van der Waals surface area contributed by atoms with Gasteiger partial charge in [-0.1, -0.05) is 18.2 Å². The van der Waals surface area contributed by atoms with Crippen molar-refractivity contribution in [1.82, 2.24) is 5.32 Å². The second-order valence-corrected chi connectivity index (χ2v) is 7.31. The zero-order chi connectivity index (χ0) is 22.3. The Morgan fingerprint density at radius 3 is 2.29 bits per heavy atom. The number of nitrogens with zero attached hydrogens (tertiary/aromatic N) is 1. The van der Waals surface area contributed by atoms with Crippen molar-refractivity contribution in [3.05, 3.63) is 87.2 Å². The van der Waals surface area contributed by atoms with Crippen LogP contribution in [-0.4, -0.2) is 17.9 Å². The molecule has 0 bridgehead atoms. The Morgan fingerprint density at radius 2 is 1.68 bits per heavy atom. The van der Waals surface area contributed by atoms with Gasteiger partial charge in [0.05, 0.1) is 22.1 Å². The van der Waals surface area contributed by atoms with Crippen LogP contribution in [0.2, 0.25) is 0 Å². The quantitative estimate of drug-likeness (QED) is 0.336. The van der Waals surface area contributed by atoms with Crippen LogP contribution in [0.3, 0.4) is 0 Å². The van der Waals surface area contributed by atoms with Crippen LogP contribution in [0.15, 0.2) is 59.0 Å². The fourth-order valence-corrected chi connectivity index (χ4v) is 3.58. The number of hydrogen-bond acceptors (Lipinski definition) is 4. The summed E-state index contributed by atoms with van der Waals surface area (Å²) in [4.78, 5) is 24.1. The molecule has 1 amide bonds. The topological polar surface area (TPSA) is 85.4 Å². The predicted octanol–water partition coefficient (Wildman–Crippen LogP) is 5.79. The Kier molecular flexibility index (Phi) is 5.02. The number of halogens is 1. The van der Waals surface area contributed by atoms with Crippen molar-refractivity contribution in [2.45, 2.75) is 13.8 Å². The summed E-state index contributed by atoms with van der Waals surface area (Å²) in [6.07, 6.45) is 0. The number of carbonyl (C=O) groups is 1. The minimum atomic E-state index is -0.469. The van der Waals surface area contributed by atoms with E-state index in [9.17, 15) is 19.3 Å². The number of furan rings is 1. The third kappa shape index (κ3) is 3.54. The first-order valence-electron chi connectivity index (χ1n) is 9.60. The first-order valence-corrected chi connectivity index (χ1v) is 9.60. The van der Waals surface area contributed by atoms with Gasteiger partial charge < -0.3 is 9.73 Å². The minimum absolute atomic E-state index is 0.126. The van der Waals surface area contributed by atoms with E-state index in [-0.39, 0.29) is 22.6 Å². The fourth-order valence-electron chi connectivity index (χ4n) is 3.58. The molecular weight excluding hydrogens is 399 g/mol. The molecule has 4 rings (SSSR count). The molecule has 0 spiro atoms. The van der Waals surface area contributed by atoms with E-state index in [1.54, 1.807) is 6.07 Å². The first kappa shape index (κ1) is 20.3. The number of amides is 1. The highest BCUT2D eigenvalue weighted by atomic mass is 19.1. The molecular formula is C24H19FN2O4. The lowest BCUT2D eigenvalue weighted by molar-refractivity contribution is -0.384. The standard InChI is InChI=1S/C24H19FN2O4/c1-13-4-5-16(10-14(13)2)18-11-19-21(12-20(18)27(29)30)31-23(22(19)24(28)26-3)15-6-8-17(25)9-7-15/h4-12H,1-3H3,(H,26,28). The van der Waals surface area contributed by atoms with Crippen LogP contribution in [0.4, 0.5) is 10.1 Å². The van der Waals surface area contributed by atoms with Crippen LogP contribution in [-0.2, 0) is 0 Å². The fraction of sp³-hybridized carbons (Fsp3) is 0.125. The number of benzene rings is 3. The Labute approximate surface area is 177 Å². The lowest BCUT2D eigenvalue weighted by Gasteiger charge is -2.07. The molecule has 0 radical (unpaired) electrons. The zero-order valence-electron chi connectivity index (χ0n) is 17.2. The normalized spacial score (nSPS) is 11.0. The Morgan fingerprint density at radius 1 is 1.00 bits per heavy atom. The van der Waals surface area contributed by atoms with E-state index in [2.05, 4.69) is 5.32 Å². The van der Waals surface area contributed by atoms with E-state index in [0.29, 0.717) is 22.1 Å². The van der Waals surface area contributed by atoms with Gasteiger partial charge in [-0.2, -0.15) is 0 Å². The van der Waals surface area contributed by atoms with Gasteiger partial charge in [-0.15, -0.1) is 0 Å². The highest BCUT2D eigenvalue weighted by Crippen LogP contribution is 2.40. The third-order valence-corrected chi connectivity index (χ3v) is 5.38. The molecule has 0 aliphatic rings. The zero-order valence-corrected chi connectivity index (χ0v) is 17.2. The molecule has 0 atom stereocenters. The molecule has 156 valence electrons. The molecule has 0 aliphatic heterocycles. The van der Waals surface area contributed by atoms with Crippen molar-refractivity contribution < 1.29 is 18.5 Å². The molecule has 0 fully saturated rings. The molecule has 3 aromatic carbocycles. The van der Waals surface area contributed by atoms with Crippen LogP contribution < -0.4 is 5.32 Å². The van der Waals surface area contributed by atoms with Gasteiger partial charge in [-0.25, -0.2) is 4.39 Å². The van der Waals surface area contributed by atoms with E-state index in [1.165, 1.54) is 37.4 Å². The van der Waals surface area contributed by atoms with Gasteiger partial charge in [0, 0.05) is 18.0 Å². The summed E-state index contributed by atoms with van der Waals surface area (Å²) in [5, 5.41) is 14.9. The van der Waals surface area contributed by atoms with Crippen LogP contribution in [0.5, 0.6) is 0 Å². The molecule has 1 aromatic heterocycles. The number of nitro benzene ring substituents is 1. The maximum absolute atomic E-state index is 13.4. The summed E-state index contributed by atoms with van der Waals surface area (Å²) < 4.78 is 19.3. The lowest BCUT2D eigenvalue weighted by atomic mass is 9.96. The van der Waals surface area contributed by atoms with Gasteiger partial charge in [0.1, 0.15) is 17.2 Å². The second-order valence-electron chi connectivity index (χ2n) is 7.31. The number of rotatable bonds is 4. The number of nitrogens with one attached hydrogen (secondary N) is 1. The Balaban J connectivity index is 2.05. The molecule has 7 heteroatoms. The van der Waals surface area contributed by atoms with Crippen LogP contribution in [0, 0.1) is 29.8 Å². The molecule has 31 heavy (non-hydrogen) atoms. The maximum atomic E-state index is 13.4. The molecule has 1 heterocycles. The molecule has 6 nitrogen and oxygen atoms in total. The van der Waals surface area contributed by atoms with Crippen molar-refractivity contribution in [3.63, 3.8) is 0 Å². The molecule has 0 saturated heterocycles. The summed E-state index contributed by atoms with van der Waals surface area (Å²) in [6, 6.07) is 14.1. The number of hydrogen-bond donors (Lipinski definition) is 1. The van der Waals surface area contributed by atoms with Crippen LogP contribution >= 0.6 is 0 Å². The van der Waals surface area contributed by atoms with E-state index < -0.39 is 16.6 Å². The van der Waals surface area contributed by atoms with Crippen molar-refractivity contribution in [1.29, 1.82) is 0 Å². The highest BCUT2D eigenvalue weighted by Gasteiger charge is 2.26. The SMILES string of the molecule is CNC(=O)c1c(-c2ccc(F)cc2)oc2cc([N+](=O)[O-])c(-c3ccc(C)c(C)c3)cc12. The van der Waals surface area contributed by atoms with E-state index in [0.717, 1.165) is 11.1 Å². The molecule has 0 saturated carbocycles. The second kappa shape index (κ2) is 7.68. The smallest absolute Gasteiger partial charge is 0.280 e. The summed E-state index contributed by atoms with van der Waals surface area (Å²) in [6.45, 7) is 3.90. The number of carbonyl (C=O) groups excluding carboxylic acids is 1. The van der Waals surface area contributed by atoms with E-state index >= 15 is 0 Å². The van der Waals surface area contributed by atoms with Gasteiger partial charge >= 0.3 is 0 Å². The average Bonchev–Trinajstić information content (AvgIpc) is 3.13. The van der Waals surface area contributed by atoms with Gasteiger partial charge in [0.2, 0.25) is 0 Å². The molecule has 0 aliphatic carbocycles. The molecule has 1 N–H and O–H groups in total. The summed E-state index contributed by atoms with van der Waals surface area (Å²) >= 11 is 0. The van der Waals surface area contributed by atoms with Gasteiger partial charge in [-0.05, 0) is 60.9 Å². The van der Waals surface area contributed by atoms with Crippen LogP contribution in [0.25, 0.3) is 33.4 Å². The number of fused-ring (bicyclic) bond motifs is 1. The van der Waals surface area contributed by atoms with Gasteiger partial charge in [0.25, 0.3) is 11.6 Å². The minimum Gasteiger partial charge on any atom is -0.455 e. The van der Waals surface area contributed by atoms with Crippen molar-refractivity contribution in [2.75, 3.05) is 7.05 Å². The first-order chi connectivity index (χ1) is 14.8. The maximum Gasteiger partial charge on any atom is 0.280 e. The summed E-state index contributed by atoms with van der Waals surface area (Å²) in [7, 11) is 1.49. The van der Waals surface area contributed by atoms with Crippen molar-refractivity contribution >= 4 is 22.6 Å². The Bertz CT molecular complexity index is 1340. The largest absolute Gasteiger partial charge is 0.455 e. The van der Waals surface area contributed by atoms with E-state index in [4.69, 9.17) is 4.42 Å². The summed E-state index contributed by atoms with van der Waals surface area (Å²) in [5.41, 5.74) is 3.94. The predicted molar refractivity (Wildman–Crippen MR) is 117 cm³/mol. The van der Waals surface area contributed by atoms with Crippen LogP contribution in [0.1, 0.15) is 21.5 Å². The lowest BCUT2D eigenvalue weighted by Crippen LogP contribution is -2.18. The number of nitro groups is 1. The van der Waals surface area contributed by atoms with Crippen molar-refractivity contribution in [3.8, 4) is 22.5 Å². The molecule has 4 aromatic rings. The number of aryl methyl sites for hydroxylation is 2. The van der Waals surface area contributed by atoms with Crippen molar-refractivity contribution in [2.24, 2.45) is 0 Å². The monoisotopic (exact) mass is 418 g/mol. The highest BCUT2D eigenvalue weighted by molar-refractivity contribution is 6.12. The summed E-state index contributed by atoms with van der Waals surface area (Å²) in [5.74, 6) is -0.604.